The number of phenolic OH excluding ortho intramolecular Hbond substituents is 1. The standard InChI is InChI=1S/C14H18N2O3S/c1-11(17)15-5-7-16(8-6-15)14(19)10-20-13-4-2-3-12(18)9-13/h2-4,9,18H,5-8,10H2,1H3. The van der Waals surface area contributed by atoms with Gasteiger partial charge in [0, 0.05) is 38.0 Å². The van der Waals surface area contributed by atoms with Crippen LogP contribution in [0.2, 0.25) is 0 Å². The Morgan fingerprint density at radius 1 is 1.20 bits per heavy atom. The molecule has 0 atom stereocenters. The van der Waals surface area contributed by atoms with Crippen LogP contribution in [-0.4, -0.2) is 58.7 Å². The van der Waals surface area contributed by atoms with E-state index in [1.54, 1.807) is 34.9 Å². The maximum Gasteiger partial charge on any atom is 0.233 e. The zero-order valence-electron chi connectivity index (χ0n) is 11.4. The molecule has 2 amide bonds. The molecule has 1 aromatic rings. The van der Waals surface area contributed by atoms with Gasteiger partial charge in [-0.15, -0.1) is 11.8 Å². The maximum absolute atomic E-state index is 12.1. The Morgan fingerprint density at radius 3 is 2.45 bits per heavy atom. The van der Waals surface area contributed by atoms with E-state index in [9.17, 15) is 14.7 Å². The first-order chi connectivity index (χ1) is 9.56. The zero-order valence-corrected chi connectivity index (χ0v) is 12.2. The summed E-state index contributed by atoms with van der Waals surface area (Å²) in [6, 6.07) is 6.87. The van der Waals surface area contributed by atoms with Gasteiger partial charge in [-0.25, -0.2) is 0 Å². The number of rotatable bonds is 3. The van der Waals surface area contributed by atoms with Crippen molar-refractivity contribution in [3.8, 4) is 5.75 Å². The van der Waals surface area contributed by atoms with Gasteiger partial charge in [0.1, 0.15) is 5.75 Å². The summed E-state index contributed by atoms with van der Waals surface area (Å²) >= 11 is 1.41. The number of thioether (sulfide) groups is 1. The van der Waals surface area contributed by atoms with Crippen LogP contribution < -0.4 is 0 Å². The molecule has 1 fully saturated rings. The van der Waals surface area contributed by atoms with Crippen molar-refractivity contribution >= 4 is 23.6 Å². The summed E-state index contributed by atoms with van der Waals surface area (Å²) in [6.07, 6.45) is 0. The van der Waals surface area contributed by atoms with Crippen molar-refractivity contribution in [3.05, 3.63) is 24.3 Å². The van der Waals surface area contributed by atoms with Crippen molar-refractivity contribution in [2.45, 2.75) is 11.8 Å². The van der Waals surface area contributed by atoms with Crippen LogP contribution in [-0.2, 0) is 9.59 Å². The first kappa shape index (κ1) is 14.7. The van der Waals surface area contributed by atoms with E-state index in [1.807, 2.05) is 6.07 Å². The molecule has 0 aromatic heterocycles. The molecule has 0 saturated carbocycles. The smallest absolute Gasteiger partial charge is 0.233 e. The number of carbonyl (C=O) groups is 2. The van der Waals surface area contributed by atoms with Crippen LogP contribution >= 0.6 is 11.8 Å². The fourth-order valence-electron chi connectivity index (χ4n) is 2.08. The third kappa shape index (κ3) is 3.90. The maximum atomic E-state index is 12.1. The van der Waals surface area contributed by atoms with E-state index in [0.29, 0.717) is 31.9 Å². The summed E-state index contributed by atoms with van der Waals surface area (Å²) in [5.74, 6) is 0.689. The summed E-state index contributed by atoms with van der Waals surface area (Å²) in [5, 5.41) is 9.36. The number of benzene rings is 1. The summed E-state index contributed by atoms with van der Waals surface area (Å²) in [6.45, 7) is 3.96. The molecule has 0 unspecified atom stereocenters. The molecule has 0 radical (unpaired) electrons. The van der Waals surface area contributed by atoms with Crippen LogP contribution in [0, 0.1) is 0 Å². The van der Waals surface area contributed by atoms with Crippen molar-refractivity contribution in [1.29, 1.82) is 0 Å². The minimum Gasteiger partial charge on any atom is -0.508 e. The predicted molar refractivity (Wildman–Crippen MR) is 77.7 cm³/mol. The van der Waals surface area contributed by atoms with Crippen molar-refractivity contribution in [2.24, 2.45) is 0 Å². The largest absolute Gasteiger partial charge is 0.508 e. The molecule has 1 heterocycles. The Bertz CT molecular complexity index is 499. The number of carbonyl (C=O) groups excluding carboxylic acids is 2. The molecular weight excluding hydrogens is 276 g/mol. The minimum absolute atomic E-state index is 0.0613. The first-order valence-electron chi connectivity index (χ1n) is 6.51. The molecule has 108 valence electrons. The van der Waals surface area contributed by atoms with E-state index in [-0.39, 0.29) is 17.6 Å². The topological polar surface area (TPSA) is 60.9 Å². The van der Waals surface area contributed by atoms with Crippen molar-refractivity contribution in [1.82, 2.24) is 9.80 Å². The second kappa shape index (κ2) is 6.65. The van der Waals surface area contributed by atoms with Gasteiger partial charge in [0.15, 0.2) is 0 Å². The highest BCUT2D eigenvalue weighted by Gasteiger charge is 2.22. The summed E-state index contributed by atoms with van der Waals surface area (Å²) < 4.78 is 0. The molecular formula is C14H18N2O3S. The number of hydrogen-bond donors (Lipinski definition) is 1. The quantitative estimate of drug-likeness (QED) is 0.850. The fourth-order valence-corrected chi connectivity index (χ4v) is 2.93. The molecule has 0 spiro atoms. The first-order valence-corrected chi connectivity index (χ1v) is 7.50. The summed E-state index contributed by atoms with van der Waals surface area (Å²) in [4.78, 5) is 27.7. The second-order valence-corrected chi connectivity index (χ2v) is 5.72. The van der Waals surface area contributed by atoms with Gasteiger partial charge in [0.05, 0.1) is 5.75 Å². The molecule has 1 aromatic carbocycles. The van der Waals surface area contributed by atoms with Gasteiger partial charge in [-0.3, -0.25) is 9.59 Å². The van der Waals surface area contributed by atoms with E-state index >= 15 is 0 Å². The van der Waals surface area contributed by atoms with Crippen LogP contribution in [0.4, 0.5) is 0 Å². The lowest BCUT2D eigenvalue weighted by molar-refractivity contribution is -0.136. The molecule has 0 bridgehead atoms. The minimum atomic E-state index is 0.0613. The Morgan fingerprint density at radius 2 is 1.85 bits per heavy atom. The van der Waals surface area contributed by atoms with Crippen LogP contribution in [0.15, 0.2) is 29.2 Å². The predicted octanol–water partition coefficient (Wildman–Crippen LogP) is 1.17. The number of amides is 2. The van der Waals surface area contributed by atoms with Crippen molar-refractivity contribution in [2.75, 3.05) is 31.9 Å². The molecule has 1 saturated heterocycles. The highest BCUT2D eigenvalue weighted by molar-refractivity contribution is 8.00. The molecule has 1 aliphatic rings. The van der Waals surface area contributed by atoms with Gasteiger partial charge in [-0.2, -0.15) is 0 Å². The SMILES string of the molecule is CC(=O)N1CCN(C(=O)CSc2cccc(O)c2)CC1. The second-order valence-electron chi connectivity index (χ2n) is 4.67. The van der Waals surface area contributed by atoms with E-state index in [0.717, 1.165) is 4.90 Å². The van der Waals surface area contributed by atoms with Crippen LogP contribution in [0.1, 0.15) is 6.92 Å². The number of aromatic hydroxyl groups is 1. The molecule has 6 heteroatoms. The molecule has 5 nitrogen and oxygen atoms in total. The number of phenols is 1. The fraction of sp³-hybridized carbons (Fsp3) is 0.429. The molecule has 20 heavy (non-hydrogen) atoms. The number of hydrogen-bond acceptors (Lipinski definition) is 4. The van der Waals surface area contributed by atoms with E-state index in [1.165, 1.54) is 11.8 Å². The highest BCUT2D eigenvalue weighted by Crippen LogP contribution is 2.22. The molecule has 1 aliphatic heterocycles. The molecule has 0 aliphatic carbocycles. The average Bonchev–Trinajstić information content (AvgIpc) is 2.45. The van der Waals surface area contributed by atoms with E-state index in [2.05, 4.69) is 0 Å². The lowest BCUT2D eigenvalue weighted by Crippen LogP contribution is -2.50. The lowest BCUT2D eigenvalue weighted by atomic mass is 10.3. The average molecular weight is 294 g/mol. The van der Waals surface area contributed by atoms with Gasteiger partial charge in [0.25, 0.3) is 0 Å². The van der Waals surface area contributed by atoms with Gasteiger partial charge in [-0.05, 0) is 18.2 Å². The van der Waals surface area contributed by atoms with E-state index in [4.69, 9.17) is 0 Å². The molecule has 1 N–H and O–H groups in total. The third-order valence-corrected chi connectivity index (χ3v) is 4.24. The van der Waals surface area contributed by atoms with Crippen LogP contribution in [0.5, 0.6) is 5.75 Å². The Kier molecular flexibility index (Phi) is 4.89. The van der Waals surface area contributed by atoms with Gasteiger partial charge in [-0.1, -0.05) is 6.07 Å². The van der Waals surface area contributed by atoms with Gasteiger partial charge < -0.3 is 14.9 Å². The Hall–Kier alpha value is -1.69. The lowest BCUT2D eigenvalue weighted by Gasteiger charge is -2.34. The van der Waals surface area contributed by atoms with Crippen LogP contribution in [0.25, 0.3) is 0 Å². The normalized spacial score (nSPS) is 15.2. The Balaban J connectivity index is 1.80. The number of piperazine rings is 1. The highest BCUT2D eigenvalue weighted by atomic mass is 32.2. The monoisotopic (exact) mass is 294 g/mol. The molecule has 2 rings (SSSR count). The van der Waals surface area contributed by atoms with Gasteiger partial charge >= 0.3 is 0 Å². The van der Waals surface area contributed by atoms with Crippen LogP contribution in [0.3, 0.4) is 0 Å². The summed E-state index contributed by atoms with van der Waals surface area (Å²) in [7, 11) is 0. The zero-order chi connectivity index (χ0) is 14.5. The van der Waals surface area contributed by atoms with Crippen molar-refractivity contribution < 1.29 is 14.7 Å². The van der Waals surface area contributed by atoms with Crippen molar-refractivity contribution in [3.63, 3.8) is 0 Å². The third-order valence-electron chi connectivity index (χ3n) is 3.26. The summed E-state index contributed by atoms with van der Waals surface area (Å²) in [5.41, 5.74) is 0. The number of nitrogens with zero attached hydrogens (tertiary/aromatic N) is 2. The van der Waals surface area contributed by atoms with E-state index < -0.39 is 0 Å². The Labute approximate surface area is 122 Å². The van der Waals surface area contributed by atoms with Gasteiger partial charge in [0.2, 0.25) is 11.8 Å².